The van der Waals surface area contributed by atoms with Crippen LogP contribution in [-0.4, -0.2) is 22.6 Å². The Morgan fingerprint density at radius 1 is 1.16 bits per heavy atom. The van der Waals surface area contributed by atoms with Crippen LogP contribution in [-0.2, 0) is 14.3 Å². The van der Waals surface area contributed by atoms with Crippen molar-refractivity contribution in [1.29, 1.82) is 0 Å². The molecule has 4 heteroatoms. The average molecular weight is 268 g/mol. The Kier molecular flexibility index (Phi) is 3.88. The lowest BCUT2D eigenvalue weighted by atomic mass is 9.77. The minimum atomic E-state index is -0.842. The van der Waals surface area contributed by atoms with E-state index in [2.05, 4.69) is 0 Å². The molecule has 0 aromatic heterocycles. The molecule has 19 heavy (non-hydrogen) atoms. The third kappa shape index (κ3) is 3.10. The molecular weight excluding hydrogens is 244 g/mol. The average Bonchev–Trinajstić information content (AvgIpc) is 2.65. The molecule has 0 aliphatic heterocycles. The Labute approximate surface area is 114 Å². The molecule has 0 radical (unpaired) electrons. The highest BCUT2D eigenvalue weighted by Crippen LogP contribution is 2.49. The third-order valence-electron chi connectivity index (χ3n) is 4.42. The van der Waals surface area contributed by atoms with Gasteiger partial charge in [-0.25, -0.2) is 0 Å². The van der Waals surface area contributed by atoms with Crippen molar-refractivity contribution in [2.45, 2.75) is 58.5 Å². The van der Waals surface area contributed by atoms with Crippen LogP contribution in [0.3, 0.4) is 0 Å². The second-order valence-electron chi connectivity index (χ2n) is 6.95. The first-order valence-electron chi connectivity index (χ1n) is 7.25. The van der Waals surface area contributed by atoms with Crippen molar-refractivity contribution in [2.75, 3.05) is 0 Å². The van der Waals surface area contributed by atoms with E-state index in [9.17, 15) is 14.7 Å². The molecule has 0 saturated heterocycles. The number of hydrogen-bond acceptors (Lipinski definition) is 3. The van der Waals surface area contributed by atoms with Crippen LogP contribution >= 0.6 is 0 Å². The zero-order valence-corrected chi connectivity index (χ0v) is 12.0. The lowest BCUT2D eigenvalue weighted by Gasteiger charge is -2.30. The van der Waals surface area contributed by atoms with Crippen LogP contribution in [0, 0.1) is 23.7 Å². The molecule has 0 heterocycles. The number of fused-ring (bicyclic) bond motifs is 1. The first-order chi connectivity index (χ1) is 8.79. The second kappa shape index (κ2) is 5.14. The fourth-order valence-electron chi connectivity index (χ4n) is 3.74. The highest BCUT2D eigenvalue weighted by molar-refractivity contribution is 5.82. The molecule has 2 fully saturated rings. The summed E-state index contributed by atoms with van der Waals surface area (Å²) in [7, 11) is 0. The highest BCUT2D eigenvalue weighted by Gasteiger charge is 2.51. The van der Waals surface area contributed by atoms with Gasteiger partial charge in [0.05, 0.1) is 11.8 Å². The molecule has 0 bridgehead atoms. The Bertz CT molecular complexity index is 369. The summed E-state index contributed by atoms with van der Waals surface area (Å²) >= 11 is 0. The van der Waals surface area contributed by atoms with E-state index in [1.807, 2.05) is 20.8 Å². The maximum atomic E-state index is 12.3. The molecule has 2 rings (SSSR count). The van der Waals surface area contributed by atoms with Crippen molar-refractivity contribution in [1.82, 2.24) is 0 Å². The van der Waals surface area contributed by atoms with Gasteiger partial charge in [-0.15, -0.1) is 0 Å². The van der Waals surface area contributed by atoms with Gasteiger partial charge in [-0.3, -0.25) is 9.59 Å². The van der Waals surface area contributed by atoms with E-state index in [1.165, 1.54) is 0 Å². The van der Waals surface area contributed by atoms with E-state index < -0.39 is 23.4 Å². The largest absolute Gasteiger partial charge is 0.481 e. The molecule has 2 saturated carbocycles. The van der Waals surface area contributed by atoms with Crippen molar-refractivity contribution >= 4 is 11.9 Å². The summed E-state index contributed by atoms with van der Waals surface area (Å²) in [4.78, 5) is 23.8. The molecule has 4 atom stereocenters. The maximum absolute atomic E-state index is 12.3. The molecule has 2 unspecified atom stereocenters. The predicted octanol–water partition coefficient (Wildman–Crippen LogP) is 2.86. The van der Waals surface area contributed by atoms with E-state index in [0.29, 0.717) is 12.3 Å². The minimum absolute atomic E-state index is 0.213. The predicted molar refractivity (Wildman–Crippen MR) is 70.5 cm³/mol. The van der Waals surface area contributed by atoms with Crippen molar-refractivity contribution in [3.63, 3.8) is 0 Å². The van der Waals surface area contributed by atoms with Gasteiger partial charge >= 0.3 is 11.9 Å². The van der Waals surface area contributed by atoms with E-state index in [0.717, 1.165) is 25.7 Å². The van der Waals surface area contributed by atoms with Crippen molar-refractivity contribution < 1.29 is 19.4 Å². The molecule has 108 valence electrons. The lowest BCUT2D eigenvalue weighted by molar-refractivity contribution is -0.167. The van der Waals surface area contributed by atoms with Crippen LogP contribution in [0.15, 0.2) is 0 Å². The zero-order chi connectivity index (χ0) is 14.2. The topological polar surface area (TPSA) is 63.6 Å². The summed E-state index contributed by atoms with van der Waals surface area (Å²) in [6.07, 6.45) is 4.94. The van der Waals surface area contributed by atoms with Crippen LogP contribution in [0.2, 0.25) is 0 Å². The molecule has 4 nitrogen and oxygen atoms in total. The van der Waals surface area contributed by atoms with Crippen LogP contribution in [0.25, 0.3) is 0 Å². The summed E-state index contributed by atoms with van der Waals surface area (Å²) in [5.41, 5.74) is -0.549. The van der Waals surface area contributed by atoms with Gasteiger partial charge in [-0.1, -0.05) is 19.3 Å². The molecule has 0 aromatic carbocycles. The summed E-state index contributed by atoms with van der Waals surface area (Å²) < 4.78 is 5.45. The van der Waals surface area contributed by atoms with Gasteiger partial charge in [0.2, 0.25) is 0 Å². The van der Waals surface area contributed by atoms with Crippen LogP contribution in [0.1, 0.15) is 52.9 Å². The minimum Gasteiger partial charge on any atom is -0.481 e. The highest BCUT2D eigenvalue weighted by atomic mass is 16.6. The smallest absolute Gasteiger partial charge is 0.310 e. The molecule has 0 aromatic rings. The number of esters is 1. The molecule has 2 aliphatic carbocycles. The Morgan fingerprint density at radius 3 is 2.37 bits per heavy atom. The molecule has 0 amide bonds. The maximum Gasteiger partial charge on any atom is 0.310 e. The summed E-state index contributed by atoms with van der Waals surface area (Å²) in [5.74, 6) is -1.54. The number of carboxylic acid groups (broad SMARTS) is 1. The molecule has 0 spiro atoms. The normalized spacial score (nSPS) is 34.7. The third-order valence-corrected chi connectivity index (χ3v) is 4.42. The fraction of sp³-hybridized carbons (Fsp3) is 0.867. The van der Waals surface area contributed by atoms with Gasteiger partial charge in [0.1, 0.15) is 5.60 Å². The van der Waals surface area contributed by atoms with Gasteiger partial charge in [0.15, 0.2) is 0 Å². The molecule has 2 aliphatic rings. The van der Waals surface area contributed by atoms with E-state index in [1.54, 1.807) is 0 Å². The number of rotatable bonds is 2. The first-order valence-corrected chi connectivity index (χ1v) is 7.25. The second-order valence-corrected chi connectivity index (χ2v) is 6.95. The van der Waals surface area contributed by atoms with Gasteiger partial charge in [0, 0.05) is 0 Å². The summed E-state index contributed by atoms with van der Waals surface area (Å²) in [6, 6.07) is 0. The molecular formula is C15H24O4. The Morgan fingerprint density at radius 2 is 1.79 bits per heavy atom. The van der Waals surface area contributed by atoms with E-state index in [4.69, 9.17) is 4.74 Å². The monoisotopic (exact) mass is 268 g/mol. The van der Waals surface area contributed by atoms with Crippen LogP contribution in [0.4, 0.5) is 0 Å². The van der Waals surface area contributed by atoms with Gasteiger partial charge in [-0.05, 0) is 45.4 Å². The Hall–Kier alpha value is -1.06. The van der Waals surface area contributed by atoms with E-state index in [-0.39, 0.29) is 11.9 Å². The number of ether oxygens (including phenoxy) is 1. The fourth-order valence-corrected chi connectivity index (χ4v) is 3.74. The van der Waals surface area contributed by atoms with Crippen molar-refractivity contribution in [3.05, 3.63) is 0 Å². The number of aliphatic carboxylic acids is 1. The van der Waals surface area contributed by atoms with Gasteiger partial charge in [-0.2, -0.15) is 0 Å². The lowest BCUT2D eigenvalue weighted by Crippen LogP contribution is -2.36. The molecule has 1 N–H and O–H groups in total. The van der Waals surface area contributed by atoms with Crippen molar-refractivity contribution in [3.8, 4) is 0 Å². The number of carbonyl (C=O) groups excluding carboxylic acids is 1. The number of carboxylic acids is 1. The van der Waals surface area contributed by atoms with Crippen LogP contribution in [0.5, 0.6) is 0 Å². The van der Waals surface area contributed by atoms with Gasteiger partial charge < -0.3 is 9.84 Å². The first kappa shape index (κ1) is 14.4. The number of hydrogen-bond donors (Lipinski definition) is 1. The zero-order valence-electron chi connectivity index (χ0n) is 12.0. The SMILES string of the molecule is CC(C)(C)OC(=O)C1C(C(=O)O)C[C@H]2CCCC[C@@H]12. The van der Waals surface area contributed by atoms with E-state index >= 15 is 0 Å². The standard InChI is InChI=1S/C15H24O4/c1-15(2,3)19-14(18)12-10-7-5-4-6-9(10)8-11(12)13(16)17/h9-12H,4-8H2,1-3H3,(H,16,17)/t9-,10-,11?,12?/m1/s1. The summed E-state index contributed by atoms with van der Waals surface area (Å²) in [6.45, 7) is 5.48. The van der Waals surface area contributed by atoms with Crippen LogP contribution < -0.4 is 0 Å². The summed E-state index contributed by atoms with van der Waals surface area (Å²) in [5, 5.41) is 9.37. The quantitative estimate of drug-likeness (QED) is 0.782. The number of carbonyl (C=O) groups is 2. The van der Waals surface area contributed by atoms with Crippen molar-refractivity contribution in [2.24, 2.45) is 23.7 Å². The Balaban J connectivity index is 2.17. The van der Waals surface area contributed by atoms with Gasteiger partial charge in [0.25, 0.3) is 0 Å².